The maximum Gasteiger partial charge on any atom is 0.417 e. The quantitative estimate of drug-likeness (QED) is 0.424. The van der Waals surface area contributed by atoms with E-state index in [2.05, 4.69) is 15.4 Å². The average molecular weight is 411 g/mol. The van der Waals surface area contributed by atoms with E-state index in [0.29, 0.717) is 33.0 Å². The Hall–Kier alpha value is -2.52. The summed E-state index contributed by atoms with van der Waals surface area (Å²) in [6.07, 6.45) is -3.45. The molecule has 0 saturated heterocycles. The molecule has 4 rings (SSSR count). The minimum atomic E-state index is -4.43. The summed E-state index contributed by atoms with van der Waals surface area (Å²) in [5.74, 6) is 0.908. The SMILES string of the molecule is FC(F)(F)c1ccc2nnc(SCc3cc(-c4ccc(Cl)cc4)no3)n2c1. The molecule has 5 nitrogen and oxygen atoms in total. The molecule has 0 amide bonds. The predicted octanol–water partition coefficient (Wildman–Crippen LogP) is 5.35. The van der Waals surface area contributed by atoms with Crippen molar-refractivity contribution in [3.63, 3.8) is 0 Å². The number of aromatic nitrogens is 4. The van der Waals surface area contributed by atoms with Crippen LogP contribution in [0.2, 0.25) is 5.02 Å². The van der Waals surface area contributed by atoms with Crippen LogP contribution in [-0.4, -0.2) is 19.8 Å². The van der Waals surface area contributed by atoms with Crippen LogP contribution in [0.5, 0.6) is 0 Å². The number of hydrogen-bond donors (Lipinski definition) is 0. The van der Waals surface area contributed by atoms with Crippen LogP contribution >= 0.6 is 23.4 Å². The topological polar surface area (TPSA) is 56.2 Å². The average Bonchev–Trinajstić information content (AvgIpc) is 3.26. The van der Waals surface area contributed by atoms with Gasteiger partial charge in [0, 0.05) is 22.8 Å². The summed E-state index contributed by atoms with van der Waals surface area (Å²) in [4.78, 5) is 0. The van der Waals surface area contributed by atoms with Crippen LogP contribution in [0.25, 0.3) is 16.9 Å². The van der Waals surface area contributed by atoms with Crippen LogP contribution in [0, 0.1) is 0 Å². The van der Waals surface area contributed by atoms with Crippen LogP contribution in [0.15, 0.2) is 58.3 Å². The van der Waals surface area contributed by atoms with Gasteiger partial charge >= 0.3 is 6.18 Å². The van der Waals surface area contributed by atoms with Crippen molar-refractivity contribution in [1.29, 1.82) is 0 Å². The standard InChI is InChI=1S/C17H10ClF3N4OS/c18-12-4-1-10(2-5-12)14-7-13(26-24-14)9-27-16-23-22-15-6-3-11(8-25(15)16)17(19,20)21/h1-8H,9H2. The Morgan fingerprint density at radius 3 is 2.59 bits per heavy atom. The first kappa shape index (κ1) is 17.9. The van der Waals surface area contributed by atoms with E-state index in [4.69, 9.17) is 16.1 Å². The van der Waals surface area contributed by atoms with Gasteiger partial charge in [-0.2, -0.15) is 13.2 Å². The van der Waals surface area contributed by atoms with E-state index in [0.717, 1.165) is 17.8 Å². The number of fused-ring (bicyclic) bond motifs is 1. The second-order valence-corrected chi connectivity index (χ2v) is 6.98. The monoisotopic (exact) mass is 410 g/mol. The summed E-state index contributed by atoms with van der Waals surface area (Å²) in [7, 11) is 0. The van der Waals surface area contributed by atoms with Gasteiger partial charge in [0.1, 0.15) is 11.5 Å². The lowest BCUT2D eigenvalue weighted by Crippen LogP contribution is -2.06. The molecule has 0 N–H and O–H groups in total. The number of rotatable bonds is 4. The zero-order valence-electron chi connectivity index (χ0n) is 13.4. The van der Waals surface area contributed by atoms with Gasteiger partial charge < -0.3 is 4.52 Å². The molecule has 0 aliphatic rings. The fourth-order valence-corrected chi connectivity index (χ4v) is 3.33. The molecule has 10 heteroatoms. The molecule has 27 heavy (non-hydrogen) atoms. The molecule has 0 fully saturated rings. The number of halogens is 4. The first-order valence-electron chi connectivity index (χ1n) is 7.66. The van der Waals surface area contributed by atoms with Gasteiger partial charge in [-0.15, -0.1) is 10.2 Å². The van der Waals surface area contributed by atoms with Crippen LogP contribution in [0.1, 0.15) is 11.3 Å². The lowest BCUT2D eigenvalue weighted by atomic mass is 10.1. The highest BCUT2D eigenvalue weighted by molar-refractivity contribution is 7.98. The number of pyridine rings is 1. The Kier molecular flexibility index (Phi) is 4.56. The Morgan fingerprint density at radius 1 is 1.07 bits per heavy atom. The molecule has 3 aromatic heterocycles. The number of hydrogen-bond acceptors (Lipinski definition) is 5. The number of alkyl halides is 3. The van der Waals surface area contributed by atoms with Crippen molar-refractivity contribution < 1.29 is 17.7 Å². The third-order valence-corrected chi connectivity index (χ3v) is 4.96. The van der Waals surface area contributed by atoms with Gasteiger partial charge in [0.15, 0.2) is 10.8 Å². The van der Waals surface area contributed by atoms with Crippen molar-refractivity contribution in [3.8, 4) is 11.3 Å². The van der Waals surface area contributed by atoms with Crippen LogP contribution in [-0.2, 0) is 11.9 Å². The van der Waals surface area contributed by atoms with Crippen molar-refractivity contribution in [2.75, 3.05) is 0 Å². The molecule has 0 aliphatic carbocycles. The van der Waals surface area contributed by atoms with Crippen molar-refractivity contribution in [2.24, 2.45) is 0 Å². The summed E-state index contributed by atoms with van der Waals surface area (Å²) in [6, 6.07) is 11.2. The summed E-state index contributed by atoms with van der Waals surface area (Å²) in [5, 5.41) is 12.8. The second kappa shape index (κ2) is 6.90. The van der Waals surface area contributed by atoms with E-state index in [-0.39, 0.29) is 0 Å². The molecule has 0 aliphatic heterocycles. The van der Waals surface area contributed by atoms with E-state index < -0.39 is 11.7 Å². The van der Waals surface area contributed by atoms with Crippen molar-refractivity contribution in [1.82, 2.24) is 19.8 Å². The van der Waals surface area contributed by atoms with Crippen LogP contribution < -0.4 is 0 Å². The molecule has 1 aromatic carbocycles. The third-order valence-electron chi connectivity index (χ3n) is 3.74. The number of benzene rings is 1. The van der Waals surface area contributed by atoms with Gasteiger partial charge in [0.05, 0.1) is 11.3 Å². The Balaban J connectivity index is 1.53. The highest BCUT2D eigenvalue weighted by Gasteiger charge is 2.31. The lowest BCUT2D eigenvalue weighted by molar-refractivity contribution is -0.137. The lowest BCUT2D eigenvalue weighted by Gasteiger charge is -2.07. The molecular formula is C17H10ClF3N4OS. The van der Waals surface area contributed by atoms with Crippen molar-refractivity contribution in [2.45, 2.75) is 17.1 Å². The molecule has 0 saturated carbocycles. The molecule has 4 aromatic rings. The number of thioether (sulfide) groups is 1. The highest BCUT2D eigenvalue weighted by Crippen LogP contribution is 2.31. The Bertz CT molecular complexity index is 1090. The van der Waals surface area contributed by atoms with Crippen LogP contribution in [0.3, 0.4) is 0 Å². The largest absolute Gasteiger partial charge is 0.417 e. The van der Waals surface area contributed by atoms with Gasteiger partial charge in [-0.25, -0.2) is 0 Å². The van der Waals surface area contributed by atoms with E-state index >= 15 is 0 Å². The minimum absolute atomic E-state index is 0.334. The second-order valence-electron chi connectivity index (χ2n) is 5.60. The van der Waals surface area contributed by atoms with Gasteiger partial charge in [-0.1, -0.05) is 40.7 Å². The highest BCUT2D eigenvalue weighted by atomic mass is 35.5. The van der Waals surface area contributed by atoms with Crippen molar-refractivity contribution >= 4 is 29.0 Å². The third kappa shape index (κ3) is 3.79. The summed E-state index contributed by atoms with van der Waals surface area (Å²) >= 11 is 7.07. The maximum atomic E-state index is 12.9. The smallest absolute Gasteiger partial charge is 0.360 e. The zero-order valence-corrected chi connectivity index (χ0v) is 15.0. The minimum Gasteiger partial charge on any atom is -0.360 e. The summed E-state index contributed by atoms with van der Waals surface area (Å²) in [6.45, 7) is 0. The first-order valence-corrected chi connectivity index (χ1v) is 9.03. The molecule has 3 heterocycles. The normalized spacial score (nSPS) is 12.0. The first-order chi connectivity index (χ1) is 12.9. The van der Waals surface area contributed by atoms with Gasteiger partial charge in [-0.05, 0) is 24.3 Å². The molecule has 0 radical (unpaired) electrons. The van der Waals surface area contributed by atoms with E-state index in [1.54, 1.807) is 18.2 Å². The fraction of sp³-hybridized carbons (Fsp3) is 0.118. The zero-order chi connectivity index (χ0) is 19.0. The fourth-order valence-electron chi connectivity index (χ4n) is 2.41. The van der Waals surface area contributed by atoms with Gasteiger partial charge in [-0.3, -0.25) is 4.40 Å². The van der Waals surface area contributed by atoms with Crippen LogP contribution in [0.4, 0.5) is 13.2 Å². The number of nitrogens with zero attached hydrogens (tertiary/aromatic N) is 4. The molecule has 0 bridgehead atoms. The van der Waals surface area contributed by atoms with E-state index in [1.807, 2.05) is 12.1 Å². The predicted molar refractivity (Wildman–Crippen MR) is 94.5 cm³/mol. The van der Waals surface area contributed by atoms with E-state index in [9.17, 15) is 13.2 Å². The van der Waals surface area contributed by atoms with Gasteiger partial charge in [0.25, 0.3) is 0 Å². The molecule has 0 atom stereocenters. The summed E-state index contributed by atoms with van der Waals surface area (Å²) in [5.41, 5.74) is 1.07. The Morgan fingerprint density at radius 2 is 1.85 bits per heavy atom. The molecular weight excluding hydrogens is 401 g/mol. The molecule has 0 unspecified atom stereocenters. The maximum absolute atomic E-state index is 12.9. The molecule has 0 spiro atoms. The summed E-state index contributed by atoms with van der Waals surface area (Å²) < 4.78 is 45.3. The van der Waals surface area contributed by atoms with E-state index in [1.165, 1.54) is 22.2 Å². The van der Waals surface area contributed by atoms with Gasteiger partial charge in [0.2, 0.25) is 0 Å². The molecule has 138 valence electrons. The Labute approximate surface area is 160 Å². The van der Waals surface area contributed by atoms with Crippen molar-refractivity contribution in [3.05, 3.63) is 65.0 Å².